The molecule has 1 aromatic heterocycles. The highest BCUT2D eigenvalue weighted by molar-refractivity contribution is 5.88. The molecule has 0 amide bonds. The number of nitrogen functional groups attached to an aromatic ring is 1. The van der Waals surface area contributed by atoms with Gasteiger partial charge in [0.2, 0.25) is 0 Å². The van der Waals surface area contributed by atoms with Crippen LogP contribution in [0.4, 0.5) is 5.82 Å². The van der Waals surface area contributed by atoms with Gasteiger partial charge < -0.3 is 15.2 Å². The molecule has 0 bridgehead atoms. The van der Waals surface area contributed by atoms with Gasteiger partial charge in [0.15, 0.2) is 0 Å². The van der Waals surface area contributed by atoms with E-state index < -0.39 is 0 Å². The Hall–Kier alpha value is -2.82. The fourth-order valence-electron chi connectivity index (χ4n) is 2.64. The van der Waals surface area contributed by atoms with E-state index in [0.29, 0.717) is 5.82 Å². The van der Waals surface area contributed by atoms with E-state index in [1.54, 1.807) is 14.2 Å². The van der Waals surface area contributed by atoms with Crippen molar-refractivity contribution in [1.82, 2.24) is 9.97 Å². The van der Waals surface area contributed by atoms with Crippen LogP contribution in [0, 0.1) is 0 Å². The summed E-state index contributed by atoms with van der Waals surface area (Å²) in [6.07, 6.45) is 3.20. The van der Waals surface area contributed by atoms with Gasteiger partial charge in [-0.3, -0.25) is 0 Å². The number of aryl methyl sites for hydroxylation is 2. The van der Waals surface area contributed by atoms with E-state index in [1.807, 2.05) is 24.3 Å². The van der Waals surface area contributed by atoms with Gasteiger partial charge in [-0.15, -0.1) is 0 Å². The average Bonchev–Trinajstić information content (AvgIpc) is 2.60. The molecule has 3 rings (SSSR count). The molecule has 0 radical (unpaired) electrons. The predicted octanol–water partition coefficient (Wildman–Crippen LogP) is 3.01. The first kappa shape index (κ1) is 15.1. The molecule has 5 heteroatoms. The first-order chi connectivity index (χ1) is 11.2. The van der Waals surface area contributed by atoms with Gasteiger partial charge in [-0.1, -0.05) is 6.07 Å². The van der Waals surface area contributed by atoms with Gasteiger partial charge in [-0.05, 0) is 54.3 Å². The molecule has 3 aromatic rings. The van der Waals surface area contributed by atoms with Crippen molar-refractivity contribution >= 4 is 16.7 Å². The maximum Gasteiger partial charge on any atom is 0.134 e. The molecule has 0 aliphatic rings. The molecule has 2 aromatic carbocycles. The third-order valence-corrected chi connectivity index (χ3v) is 3.90. The SMILES string of the molecule is COc1ccc(OC)c(CCc2ccc3ncnc(N)c3c2)c1. The topological polar surface area (TPSA) is 70.3 Å². The van der Waals surface area contributed by atoms with Crippen LogP contribution in [0.1, 0.15) is 11.1 Å². The zero-order chi connectivity index (χ0) is 16.2. The van der Waals surface area contributed by atoms with Crippen LogP contribution in [0.3, 0.4) is 0 Å². The minimum absolute atomic E-state index is 0.510. The standard InChI is InChI=1S/C18H19N3O2/c1-22-14-6-8-17(23-2)13(10-14)5-3-12-4-7-16-15(9-12)18(19)21-11-20-16/h4,6-11H,3,5H2,1-2H3,(H2,19,20,21). The molecule has 0 saturated heterocycles. The maximum absolute atomic E-state index is 5.93. The first-order valence-electron chi connectivity index (χ1n) is 7.41. The molecule has 5 nitrogen and oxygen atoms in total. The Balaban J connectivity index is 1.84. The lowest BCUT2D eigenvalue weighted by atomic mass is 10.0. The van der Waals surface area contributed by atoms with Gasteiger partial charge in [-0.2, -0.15) is 0 Å². The first-order valence-corrected chi connectivity index (χ1v) is 7.41. The number of hydrogen-bond acceptors (Lipinski definition) is 5. The highest BCUT2D eigenvalue weighted by Gasteiger charge is 2.07. The smallest absolute Gasteiger partial charge is 0.134 e. The highest BCUT2D eigenvalue weighted by Crippen LogP contribution is 2.26. The molecule has 0 aliphatic carbocycles. The molecule has 1 heterocycles. The van der Waals surface area contributed by atoms with Crippen molar-refractivity contribution in [2.24, 2.45) is 0 Å². The average molecular weight is 309 g/mol. The quantitative estimate of drug-likeness (QED) is 0.784. The van der Waals surface area contributed by atoms with Gasteiger partial charge in [0.1, 0.15) is 23.6 Å². The van der Waals surface area contributed by atoms with Gasteiger partial charge in [0, 0.05) is 5.39 Å². The number of methoxy groups -OCH3 is 2. The summed E-state index contributed by atoms with van der Waals surface area (Å²) in [4.78, 5) is 8.27. The number of aromatic nitrogens is 2. The molecule has 118 valence electrons. The van der Waals surface area contributed by atoms with Crippen molar-refractivity contribution in [3.8, 4) is 11.5 Å². The molecule has 0 fully saturated rings. The van der Waals surface area contributed by atoms with Crippen molar-refractivity contribution in [3.05, 3.63) is 53.9 Å². The highest BCUT2D eigenvalue weighted by atomic mass is 16.5. The van der Waals surface area contributed by atoms with Crippen molar-refractivity contribution in [1.29, 1.82) is 0 Å². The summed E-state index contributed by atoms with van der Waals surface area (Å²) in [5.41, 5.74) is 9.09. The summed E-state index contributed by atoms with van der Waals surface area (Å²) in [6.45, 7) is 0. The van der Waals surface area contributed by atoms with Crippen LogP contribution in [0.15, 0.2) is 42.7 Å². The Morgan fingerprint density at radius 3 is 2.61 bits per heavy atom. The largest absolute Gasteiger partial charge is 0.497 e. The summed E-state index contributed by atoms with van der Waals surface area (Å²) < 4.78 is 10.7. The zero-order valence-corrected chi connectivity index (χ0v) is 13.2. The second kappa shape index (κ2) is 6.52. The predicted molar refractivity (Wildman–Crippen MR) is 90.9 cm³/mol. The van der Waals surface area contributed by atoms with E-state index in [2.05, 4.69) is 22.1 Å². The Bertz CT molecular complexity index is 834. The van der Waals surface area contributed by atoms with E-state index >= 15 is 0 Å². The van der Waals surface area contributed by atoms with Crippen molar-refractivity contribution in [3.63, 3.8) is 0 Å². The minimum Gasteiger partial charge on any atom is -0.497 e. The second-order valence-electron chi connectivity index (χ2n) is 5.29. The summed E-state index contributed by atoms with van der Waals surface area (Å²) >= 11 is 0. The van der Waals surface area contributed by atoms with Gasteiger partial charge in [-0.25, -0.2) is 9.97 Å². The molecule has 2 N–H and O–H groups in total. The third-order valence-electron chi connectivity index (χ3n) is 3.90. The van der Waals surface area contributed by atoms with Crippen LogP contribution in [0.5, 0.6) is 11.5 Å². The molecule has 0 spiro atoms. The van der Waals surface area contributed by atoms with Crippen LogP contribution >= 0.6 is 0 Å². The third kappa shape index (κ3) is 3.18. The number of anilines is 1. The zero-order valence-electron chi connectivity index (χ0n) is 13.2. The molecule has 0 unspecified atom stereocenters. The summed E-state index contributed by atoms with van der Waals surface area (Å²) in [7, 11) is 3.34. The van der Waals surface area contributed by atoms with Gasteiger partial charge in [0.25, 0.3) is 0 Å². The molecule has 23 heavy (non-hydrogen) atoms. The maximum atomic E-state index is 5.93. The number of fused-ring (bicyclic) bond motifs is 1. The fourth-order valence-corrected chi connectivity index (χ4v) is 2.64. The van der Waals surface area contributed by atoms with E-state index in [4.69, 9.17) is 15.2 Å². The van der Waals surface area contributed by atoms with E-state index in [9.17, 15) is 0 Å². The monoisotopic (exact) mass is 309 g/mol. The lowest BCUT2D eigenvalue weighted by molar-refractivity contribution is 0.398. The lowest BCUT2D eigenvalue weighted by Gasteiger charge is -2.11. The number of nitrogens with zero attached hydrogens (tertiary/aromatic N) is 2. The van der Waals surface area contributed by atoms with Crippen LogP contribution in [-0.4, -0.2) is 24.2 Å². The number of benzene rings is 2. The number of nitrogens with two attached hydrogens (primary N) is 1. The minimum atomic E-state index is 0.510. The van der Waals surface area contributed by atoms with Crippen molar-refractivity contribution in [2.75, 3.05) is 20.0 Å². The molecule has 0 saturated carbocycles. The lowest BCUT2D eigenvalue weighted by Crippen LogP contribution is -1.98. The molecular weight excluding hydrogens is 290 g/mol. The van der Waals surface area contributed by atoms with Gasteiger partial charge in [0.05, 0.1) is 19.7 Å². The fraction of sp³-hybridized carbons (Fsp3) is 0.222. The Kier molecular flexibility index (Phi) is 4.28. The van der Waals surface area contributed by atoms with Crippen LogP contribution in [-0.2, 0) is 12.8 Å². The summed E-state index contributed by atoms with van der Waals surface area (Å²) in [6, 6.07) is 11.9. The van der Waals surface area contributed by atoms with E-state index in [-0.39, 0.29) is 0 Å². The molecule has 0 atom stereocenters. The Morgan fingerprint density at radius 1 is 0.957 bits per heavy atom. The normalized spacial score (nSPS) is 10.7. The van der Waals surface area contributed by atoms with Gasteiger partial charge >= 0.3 is 0 Å². The summed E-state index contributed by atoms with van der Waals surface area (Å²) in [5, 5.41) is 0.891. The second-order valence-corrected chi connectivity index (χ2v) is 5.29. The van der Waals surface area contributed by atoms with Crippen molar-refractivity contribution in [2.45, 2.75) is 12.8 Å². The Labute approximate surface area is 135 Å². The molecular formula is C18H19N3O2. The van der Waals surface area contributed by atoms with Crippen LogP contribution in [0.2, 0.25) is 0 Å². The van der Waals surface area contributed by atoms with Crippen molar-refractivity contribution < 1.29 is 9.47 Å². The van der Waals surface area contributed by atoms with Crippen LogP contribution < -0.4 is 15.2 Å². The summed E-state index contributed by atoms with van der Waals surface area (Å²) in [5.74, 6) is 2.21. The number of rotatable bonds is 5. The molecule has 0 aliphatic heterocycles. The number of ether oxygens (including phenoxy) is 2. The Morgan fingerprint density at radius 2 is 1.83 bits per heavy atom. The number of hydrogen-bond donors (Lipinski definition) is 1. The van der Waals surface area contributed by atoms with E-state index in [1.165, 1.54) is 11.9 Å². The van der Waals surface area contributed by atoms with E-state index in [0.717, 1.165) is 40.8 Å². The van der Waals surface area contributed by atoms with Crippen LogP contribution in [0.25, 0.3) is 10.9 Å².